The molecular formula is C16H24N3OS+. The molecule has 2 rings (SSSR count). The van der Waals surface area contributed by atoms with Gasteiger partial charge < -0.3 is 10.2 Å². The van der Waals surface area contributed by atoms with E-state index in [9.17, 15) is 0 Å². The number of thioether (sulfide) groups is 1. The van der Waals surface area contributed by atoms with E-state index in [-0.39, 0.29) is 0 Å². The Labute approximate surface area is 130 Å². The van der Waals surface area contributed by atoms with E-state index in [1.54, 1.807) is 11.8 Å². The Kier molecular flexibility index (Phi) is 6.26. The predicted octanol–water partition coefficient (Wildman–Crippen LogP) is 2.93. The van der Waals surface area contributed by atoms with Gasteiger partial charge in [0, 0.05) is 12.2 Å². The molecule has 0 unspecified atom stereocenters. The van der Waals surface area contributed by atoms with Gasteiger partial charge in [0.1, 0.15) is 0 Å². The van der Waals surface area contributed by atoms with Gasteiger partial charge in [0.25, 0.3) is 5.22 Å². The molecule has 1 aromatic carbocycles. The zero-order valence-corrected chi connectivity index (χ0v) is 13.7. The van der Waals surface area contributed by atoms with E-state index < -0.39 is 0 Å². The van der Waals surface area contributed by atoms with Gasteiger partial charge in [-0.15, -0.1) is 10.2 Å². The van der Waals surface area contributed by atoms with Crippen molar-refractivity contribution in [1.29, 1.82) is 0 Å². The summed E-state index contributed by atoms with van der Waals surface area (Å²) >= 11 is 1.61. The second kappa shape index (κ2) is 8.20. The van der Waals surface area contributed by atoms with Crippen LogP contribution < -0.4 is 5.73 Å². The summed E-state index contributed by atoms with van der Waals surface area (Å²) in [6.45, 7) is 5.25. The molecule has 0 aliphatic carbocycles. The van der Waals surface area contributed by atoms with Gasteiger partial charge in [-0.05, 0) is 44.2 Å². The van der Waals surface area contributed by atoms with Gasteiger partial charge in [0.05, 0.1) is 6.54 Å². The molecule has 0 saturated carbocycles. The van der Waals surface area contributed by atoms with Crippen LogP contribution in [0.4, 0.5) is 0 Å². The number of quaternary nitrogens is 1. The molecule has 1 aromatic heterocycles. The molecule has 3 N–H and O–H groups in total. The van der Waals surface area contributed by atoms with Crippen LogP contribution in [0.25, 0.3) is 0 Å². The molecule has 1 heterocycles. The number of hydrogen-bond donors (Lipinski definition) is 1. The summed E-state index contributed by atoms with van der Waals surface area (Å²) in [4.78, 5) is 0. The van der Waals surface area contributed by atoms with Gasteiger partial charge >= 0.3 is 0 Å². The van der Waals surface area contributed by atoms with Crippen molar-refractivity contribution in [2.24, 2.45) is 0 Å². The van der Waals surface area contributed by atoms with Crippen LogP contribution in [0.5, 0.6) is 0 Å². The Morgan fingerprint density at radius 3 is 2.81 bits per heavy atom. The van der Waals surface area contributed by atoms with E-state index in [1.807, 2.05) is 0 Å². The molecule has 114 valence electrons. The molecule has 0 atom stereocenters. The van der Waals surface area contributed by atoms with Crippen molar-refractivity contribution in [3.8, 4) is 0 Å². The summed E-state index contributed by atoms with van der Waals surface area (Å²) in [6.07, 6.45) is 4.31. The molecule has 2 aromatic rings. The third-order valence-electron chi connectivity index (χ3n) is 3.44. The van der Waals surface area contributed by atoms with Gasteiger partial charge in [0.15, 0.2) is 0 Å². The largest absolute Gasteiger partial charge is 0.416 e. The number of rotatable bonds is 8. The number of nitrogens with zero attached hydrogens (tertiary/aromatic N) is 2. The first-order valence-corrected chi connectivity index (χ1v) is 8.48. The lowest BCUT2D eigenvalue weighted by atomic mass is 10.1. The maximum absolute atomic E-state index is 5.68. The highest BCUT2D eigenvalue weighted by molar-refractivity contribution is 7.98. The topological polar surface area (TPSA) is 66.6 Å². The summed E-state index contributed by atoms with van der Waals surface area (Å²) in [6, 6.07) is 6.52. The lowest BCUT2D eigenvalue weighted by molar-refractivity contribution is -0.368. The minimum Gasteiger partial charge on any atom is -0.416 e. The predicted molar refractivity (Wildman–Crippen MR) is 85.1 cm³/mol. The quantitative estimate of drug-likeness (QED) is 0.601. The van der Waals surface area contributed by atoms with Crippen molar-refractivity contribution in [1.82, 2.24) is 10.2 Å². The molecule has 0 radical (unpaired) electrons. The molecule has 0 bridgehead atoms. The van der Waals surface area contributed by atoms with Gasteiger partial charge in [-0.1, -0.05) is 35.5 Å². The highest BCUT2D eigenvalue weighted by atomic mass is 32.2. The van der Waals surface area contributed by atoms with Crippen molar-refractivity contribution in [3.05, 3.63) is 40.8 Å². The average molecular weight is 306 g/mol. The van der Waals surface area contributed by atoms with E-state index in [0.29, 0.717) is 5.22 Å². The Bertz CT molecular complexity index is 568. The third kappa shape index (κ3) is 5.17. The van der Waals surface area contributed by atoms with Crippen LogP contribution in [-0.4, -0.2) is 16.7 Å². The maximum atomic E-state index is 5.68. The van der Waals surface area contributed by atoms with Gasteiger partial charge in [-0.3, -0.25) is 0 Å². The van der Waals surface area contributed by atoms with Crippen molar-refractivity contribution < 1.29 is 10.2 Å². The normalized spacial score (nSPS) is 11.0. The Morgan fingerprint density at radius 2 is 2.00 bits per heavy atom. The van der Waals surface area contributed by atoms with Crippen LogP contribution in [0.3, 0.4) is 0 Å². The Hall–Kier alpha value is -1.33. The zero-order valence-electron chi connectivity index (χ0n) is 12.9. The molecule has 0 aliphatic heterocycles. The number of benzene rings is 1. The molecule has 0 spiro atoms. The number of aryl methyl sites for hydroxylation is 3. The van der Waals surface area contributed by atoms with E-state index in [1.165, 1.54) is 29.5 Å². The molecule has 0 amide bonds. The fourth-order valence-electron chi connectivity index (χ4n) is 2.12. The van der Waals surface area contributed by atoms with Crippen molar-refractivity contribution in [3.63, 3.8) is 0 Å². The first-order valence-electron chi connectivity index (χ1n) is 7.49. The minimum absolute atomic E-state index is 0.670. The highest BCUT2D eigenvalue weighted by Gasteiger charge is 2.08. The second-order valence-electron chi connectivity index (χ2n) is 5.34. The van der Waals surface area contributed by atoms with Gasteiger partial charge in [-0.25, -0.2) is 0 Å². The maximum Gasteiger partial charge on any atom is 0.276 e. The van der Waals surface area contributed by atoms with E-state index >= 15 is 0 Å². The van der Waals surface area contributed by atoms with Crippen LogP contribution in [0, 0.1) is 13.8 Å². The summed E-state index contributed by atoms with van der Waals surface area (Å²) < 4.78 is 5.68. The first kappa shape index (κ1) is 16.0. The summed E-state index contributed by atoms with van der Waals surface area (Å²) in [5.74, 6) is 1.62. The van der Waals surface area contributed by atoms with Crippen LogP contribution >= 0.6 is 11.8 Å². The Morgan fingerprint density at radius 1 is 1.14 bits per heavy atom. The summed E-state index contributed by atoms with van der Waals surface area (Å²) in [5, 5.41) is 8.90. The van der Waals surface area contributed by atoms with Crippen LogP contribution in [0.15, 0.2) is 27.8 Å². The minimum atomic E-state index is 0.670. The van der Waals surface area contributed by atoms with Crippen LogP contribution in [0.1, 0.15) is 41.8 Å². The van der Waals surface area contributed by atoms with Crippen molar-refractivity contribution >= 4 is 11.8 Å². The van der Waals surface area contributed by atoms with Crippen LogP contribution in [0.2, 0.25) is 0 Å². The number of unbranched alkanes of at least 4 members (excludes halogenated alkanes) is 2. The SMILES string of the molecule is Cc1ccc(C)c(CSc2nnc(CCCCC[NH3+])o2)c1. The lowest BCUT2D eigenvalue weighted by Crippen LogP contribution is -2.50. The molecule has 0 fully saturated rings. The van der Waals surface area contributed by atoms with Gasteiger partial charge in [-0.2, -0.15) is 0 Å². The summed E-state index contributed by atoms with van der Waals surface area (Å²) in [5.41, 5.74) is 7.77. The summed E-state index contributed by atoms with van der Waals surface area (Å²) in [7, 11) is 0. The standard InChI is InChI=1S/C16H23N3OS/c1-12-7-8-13(2)14(10-12)11-21-16-19-18-15(20-16)6-4-3-5-9-17/h7-8,10H,3-6,9,11,17H2,1-2H3/p+1. The monoisotopic (exact) mass is 306 g/mol. The smallest absolute Gasteiger partial charge is 0.276 e. The second-order valence-corrected chi connectivity index (χ2v) is 6.27. The molecule has 5 heteroatoms. The number of hydrogen-bond acceptors (Lipinski definition) is 4. The lowest BCUT2D eigenvalue weighted by Gasteiger charge is -2.04. The molecule has 4 nitrogen and oxygen atoms in total. The van der Waals surface area contributed by atoms with Gasteiger partial charge in [0.2, 0.25) is 5.89 Å². The van der Waals surface area contributed by atoms with Crippen molar-refractivity contribution in [2.75, 3.05) is 6.54 Å². The third-order valence-corrected chi connectivity index (χ3v) is 4.31. The highest BCUT2D eigenvalue weighted by Crippen LogP contribution is 2.24. The van der Waals surface area contributed by atoms with E-state index in [2.05, 4.69) is 48.0 Å². The molecular weight excluding hydrogens is 282 g/mol. The fraction of sp³-hybridized carbons (Fsp3) is 0.500. The Balaban J connectivity index is 1.83. The van der Waals surface area contributed by atoms with Crippen molar-refractivity contribution in [2.45, 2.75) is 50.5 Å². The zero-order chi connectivity index (χ0) is 15.1. The molecule has 0 saturated heterocycles. The molecule has 0 aliphatic rings. The molecule has 21 heavy (non-hydrogen) atoms. The van der Waals surface area contributed by atoms with E-state index in [4.69, 9.17) is 4.42 Å². The average Bonchev–Trinajstić information content (AvgIpc) is 2.92. The van der Waals surface area contributed by atoms with E-state index in [0.717, 1.165) is 31.0 Å². The number of aromatic nitrogens is 2. The van der Waals surface area contributed by atoms with Crippen LogP contribution in [-0.2, 0) is 12.2 Å². The first-order chi connectivity index (χ1) is 10.2. The fourth-order valence-corrected chi connectivity index (χ4v) is 2.97.